The van der Waals surface area contributed by atoms with Crippen LogP contribution in [0.4, 0.5) is 0 Å². The summed E-state index contributed by atoms with van der Waals surface area (Å²) in [6.07, 6.45) is 1.10. The van der Waals surface area contributed by atoms with Crippen molar-refractivity contribution in [3.8, 4) is 0 Å². The van der Waals surface area contributed by atoms with Crippen LogP contribution in [-0.4, -0.2) is 20.6 Å². The number of carbonyl (C=O) groups excluding carboxylic acids is 1. The third kappa shape index (κ3) is 3.74. The Morgan fingerprint density at radius 1 is 1.09 bits per heavy atom. The smallest absolute Gasteiger partial charge is 0.252 e. The quantitative estimate of drug-likeness (QED) is 0.943. The van der Waals surface area contributed by atoms with Crippen LogP contribution in [0.2, 0.25) is 0 Å². The van der Waals surface area contributed by atoms with Crippen LogP contribution in [0.3, 0.4) is 0 Å². The molecular weight excluding hydrogens is 298 g/mol. The molecule has 0 aliphatic carbocycles. The molecule has 0 aliphatic heterocycles. The molecule has 4 nitrogen and oxygen atoms in total. The van der Waals surface area contributed by atoms with Crippen LogP contribution in [-0.2, 0) is 16.4 Å². The second-order valence-corrected chi connectivity index (χ2v) is 7.37. The van der Waals surface area contributed by atoms with Gasteiger partial charge in [-0.05, 0) is 37.1 Å². The molecule has 116 valence electrons. The lowest BCUT2D eigenvalue weighted by Gasteiger charge is -2.11. The Morgan fingerprint density at radius 2 is 1.77 bits per heavy atom. The largest absolute Gasteiger partial charge is 0.348 e. The van der Waals surface area contributed by atoms with E-state index in [-0.39, 0.29) is 16.4 Å². The SMILES string of the molecule is Cc1ccc(CNC(=O)c2ccccc2S(C)(=O)=O)c(C)c1. The first-order valence-electron chi connectivity index (χ1n) is 6.92. The van der Waals surface area contributed by atoms with Crippen molar-refractivity contribution in [2.24, 2.45) is 0 Å². The number of rotatable bonds is 4. The third-order valence-corrected chi connectivity index (χ3v) is 4.62. The molecule has 0 atom stereocenters. The molecule has 0 spiro atoms. The van der Waals surface area contributed by atoms with E-state index in [4.69, 9.17) is 0 Å². The molecule has 1 amide bonds. The number of carbonyl (C=O) groups is 1. The number of hydrogen-bond acceptors (Lipinski definition) is 3. The highest BCUT2D eigenvalue weighted by molar-refractivity contribution is 7.90. The molecule has 0 fully saturated rings. The Kier molecular flexibility index (Phi) is 4.66. The van der Waals surface area contributed by atoms with Gasteiger partial charge in [-0.2, -0.15) is 0 Å². The van der Waals surface area contributed by atoms with Crippen molar-refractivity contribution in [2.45, 2.75) is 25.3 Å². The van der Waals surface area contributed by atoms with E-state index in [1.54, 1.807) is 12.1 Å². The summed E-state index contributed by atoms with van der Waals surface area (Å²) in [6.45, 7) is 4.36. The number of nitrogens with one attached hydrogen (secondary N) is 1. The molecular formula is C17H19NO3S. The summed E-state index contributed by atoms with van der Waals surface area (Å²) in [4.78, 5) is 12.3. The molecule has 0 saturated carbocycles. The summed E-state index contributed by atoms with van der Waals surface area (Å²) in [6, 6.07) is 12.2. The van der Waals surface area contributed by atoms with Gasteiger partial charge in [-0.3, -0.25) is 4.79 Å². The van der Waals surface area contributed by atoms with Gasteiger partial charge in [0.2, 0.25) is 0 Å². The van der Waals surface area contributed by atoms with E-state index < -0.39 is 9.84 Å². The first kappa shape index (κ1) is 16.2. The van der Waals surface area contributed by atoms with Crippen molar-refractivity contribution in [2.75, 3.05) is 6.26 Å². The van der Waals surface area contributed by atoms with Gasteiger partial charge in [-0.1, -0.05) is 35.9 Å². The first-order chi connectivity index (χ1) is 10.3. The predicted octanol–water partition coefficient (Wildman–Crippen LogP) is 2.64. The van der Waals surface area contributed by atoms with Crippen LogP contribution < -0.4 is 5.32 Å². The molecule has 0 bridgehead atoms. The van der Waals surface area contributed by atoms with Gasteiger partial charge in [0.1, 0.15) is 0 Å². The fraction of sp³-hybridized carbons (Fsp3) is 0.235. The van der Waals surface area contributed by atoms with E-state index >= 15 is 0 Å². The zero-order chi connectivity index (χ0) is 16.3. The molecule has 0 saturated heterocycles. The monoisotopic (exact) mass is 317 g/mol. The lowest BCUT2D eigenvalue weighted by atomic mass is 10.1. The topological polar surface area (TPSA) is 63.2 Å². The van der Waals surface area contributed by atoms with E-state index in [9.17, 15) is 13.2 Å². The maximum atomic E-state index is 12.3. The van der Waals surface area contributed by atoms with Crippen LogP contribution in [0, 0.1) is 13.8 Å². The molecule has 0 aliphatic rings. The van der Waals surface area contributed by atoms with Crippen molar-refractivity contribution in [1.29, 1.82) is 0 Å². The average molecular weight is 317 g/mol. The van der Waals surface area contributed by atoms with E-state index in [2.05, 4.69) is 5.32 Å². The Bertz CT molecular complexity index is 810. The highest BCUT2D eigenvalue weighted by Gasteiger charge is 2.17. The second-order valence-electron chi connectivity index (χ2n) is 5.38. The minimum atomic E-state index is -3.44. The summed E-state index contributed by atoms with van der Waals surface area (Å²) in [5, 5.41) is 2.78. The Morgan fingerprint density at radius 3 is 2.41 bits per heavy atom. The van der Waals surface area contributed by atoms with Crippen molar-refractivity contribution in [3.63, 3.8) is 0 Å². The zero-order valence-corrected chi connectivity index (χ0v) is 13.7. The van der Waals surface area contributed by atoms with E-state index in [1.165, 1.54) is 12.1 Å². The molecule has 0 aromatic heterocycles. The summed E-state index contributed by atoms with van der Waals surface area (Å²) >= 11 is 0. The first-order valence-corrected chi connectivity index (χ1v) is 8.81. The number of benzene rings is 2. The van der Waals surface area contributed by atoms with Gasteiger partial charge in [0.05, 0.1) is 10.5 Å². The molecule has 2 aromatic carbocycles. The van der Waals surface area contributed by atoms with Gasteiger partial charge < -0.3 is 5.32 Å². The van der Waals surface area contributed by atoms with Gasteiger partial charge in [-0.15, -0.1) is 0 Å². The van der Waals surface area contributed by atoms with Crippen LogP contribution in [0.5, 0.6) is 0 Å². The third-order valence-electron chi connectivity index (χ3n) is 3.47. The fourth-order valence-electron chi connectivity index (χ4n) is 2.29. The molecule has 0 radical (unpaired) electrons. The van der Waals surface area contributed by atoms with Crippen molar-refractivity contribution >= 4 is 15.7 Å². The van der Waals surface area contributed by atoms with Crippen LogP contribution in [0.1, 0.15) is 27.0 Å². The fourth-order valence-corrected chi connectivity index (χ4v) is 3.18. The summed E-state index contributed by atoms with van der Waals surface area (Å²) in [5.74, 6) is -0.388. The minimum absolute atomic E-state index is 0.0492. The maximum absolute atomic E-state index is 12.3. The molecule has 22 heavy (non-hydrogen) atoms. The Labute approximate surface area is 131 Å². The number of hydrogen-bond donors (Lipinski definition) is 1. The molecule has 2 rings (SSSR count). The average Bonchev–Trinajstić information content (AvgIpc) is 2.45. The van der Waals surface area contributed by atoms with Crippen LogP contribution in [0.25, 0.3) is 0 Å². The predicted molar refractivity (Wildman–Crippen MR) is 86.6 cm³/mol. The zero-order valence-electron chi connectivity index (χ0n) is 12.9. The van der Waals surface area contributed by atoms with Gasteiger partial charge in [-0.25, -0.2) is 8.42 Å². The number of aryl methyl sites for hydroxylation is 2. The Hall–Kier alpha value is -2.14. The number of amides is 1. The number of sulfone groups is 1. The lowest BCUT2D eigenvalue weighted by molar-refractivity contribution is 0.0947. The second kappa shape index (κ2) is 6.32. The van der Waals surface area contributed by atoms with E-state index in [0.717, 1.165) is 22.9 Å². The standard InChI is InChI=1S/C17H19NO3S/c1-12-8-9-14(13(2)10-12)11-18-17(19)15-6-4-5-7-16(15)22(3,20)21/h4-10H,11H2,1-3H3,(H,18,19). The van der Waals surface area contributed by atoms with E-state index in [1.807, 2.05) is 32.0 Å². The summed E-state index contributed by atoms with van der Waals surface area (Å²) in [5.41, 5.74) is 3.44. The minimum Gasteiger partial charge on any atom is -0.348 e. The molecule has 2 aromatic rings. The van der Waals surface area contributed by atoms with Gasteiger partial charge in [0.25, 0.3) is 5.91 Å². The van der Waals surface area contributed by atoms with E-state index in [0.29, 0.717) is 6.54 Å². The van der Waals surface area contributed by atoms with Crippen molar-refractivity contribution in [3.05, 3.63) is 64.7 Å². The summed E-state index contributed by atoms with van der Waals surface area (Å²) < 4.78 is 23.5. The molecule has 0 heterocycles. The van der Waals surface area contributed by atoms with Crippen LogP contribution >= 0.6 is 0 Å². The highest BCUT2D eigenvalue weighted by atomic mass is 32.2. The normalized spacial score (nSPS) is 11.2. The van der Waals surface area contributed by atoms with Gasteiger partial charge >= 0.3 is 0 Å². The van der Waals surface area contributed by atoms with Gasteiger partial charge in [0.15, 0.2) is 9.84 Å². The van der Waals surface area contributed by atoms with Gasteiger partial charge in [0, 0.05) is 12.8 Å². The maximum Gasteiger partial charge on any atom is 0.252 e. The Balaban J connectivity index is 2.20. The van der Waals surface area contributed by atoms with Crippen molar-refractivity contribution < 1.29 is 13.2 Å². The lowest BCUT2D eigenvalue weighted by Crippen LogP contribution is -2.25. The summed E-state index contributed by atoms with van der Waals surface area (Å²) in [7, 11) is -3.44. The molecule has 0 unspecified atom stereocenters. The highest BCUT2D eigenvalue weighted by Crippen LogP contribution is 2.16. The molecule has 1 N–H and O–H groups in total. The molecule has 5 heteroatoms. The van der Waals surface area contributed by atoms with Crippen LogP contribution in [0.15, 0.2) is 47.4 Å². The van der Waals surface area contributed by atoms with Crippen molar-refractivity contribution in [1.82, 2.24) is 5.32 Å².